The summed E-state index contributed by atoms with van der Waals surface area (Å²) in [5.74, 6) is 0.775. The van der Waals surface area contributed by atoms with Crippen LogP contribution in [0.1, 0.15) is 20.3 Å². The van der Waals surface area contributed by atoms with Crippen molar-refractivity contribution in [3.63, 3.8) is 0 Å². The first-order chi connectivity index (χ1) is 10.6. The van der Waals surface area contributed by atoms with Gasteiger partial charge in [-0.15, -0.1) is 11.3 Å². The lowest BCUT2D eigenvalue weighted by atomic mass is 10.0. The van der Waals surface area contributed by atoms with Gasteiger partial charge in [0.1, 0.15) is 17.0 Å². The SMILES string of the molecule is CC[C@](C)(O)CNc1ncnc2sc(-c3ccccc3)cc12. The minimum atomic E-state index is -0.741. The zero-order valence-corrected chi connectivity index (χ0v) is 13.5. The Bertz CT molecular complexity index is 768. The third-order valence-corrected chi connectivity index (χ3v) is 4.88. The van der Waals surface area contributed by atoms with E-state index >= 15 is 0 Å². The molecule has 0 saturated carbocycles. The van der Waals surface area contributed by atoms with Crippen molar-refractivity contribution in [3.8, 4) is 10.4 Å². The molecule has 0 amide bonds. The molecule has 0 aliphatic rings. The van der Waals surface area contributed by atoms with E-state index < -0.39 is 5.60 Å². The molecular weight excluding hydrogens is 294 g/mol. The Hall–Kier alpha value is -1.98. The molecule has 1 atom stereocenters. The van der Waals surface area contributed by atoms with Crippen LogP contribution in [-0.2, 0) is 0 Å². The van der Waals surface area contributed by atoms with Gasteiger partial charge in [-0.2, -0.15) is 0 Å². The van der Waals surface area contributed by atoms with Gasteiger partial charge in [0.25, 0.3) is 0 Å². The molecule has 0 unspecified atom stereocenters. The fourth-order valence-electron chi connectivity index (χ4n) is 2.14. The largest absolute Gasteiger partial charge is 0.388 e. The summed E-state index contributed by atoms with van der Waals surface area (Å²) in [6, 6.07) is 12.4. The molecule has 0 saturated heterocycles. The van der Waals surface area contributed by atoms with Crippen LogP contribution in [0.3, 0.4) is 0 Å². The number of nitrogens with one attached hydrogen (secondary N) is 1. The Kier molecular flexibility index (Phi) is 4.09. The van der Waals surface area contributed by atoms with Crippen LogP contribution >= 0.6 is 11.3 Å². The first kappa shape index (κ1) is 14.9. The lowest BCUT2D eigenvalue weighted by molar-refractivity contribution is 0.0697. The highest BCUT2D eigenvalue weighted by atomic mass is 32.1. The molecule has 0 aliphatic carbocycles. The average molecular weight is 313 g/mol. The van der Waals surface area contributed by atoms with Gasteiger partial charge in [0, 0.05) is 11.4 Å². The number of rotatable bonds is 5. The van der Waals surface area contributed by atoms with Crippen LogP contribution in [0.15, 0.2) is 42.7 Å². The number of fused-ring (bicyclic) bond motifs is 1. The van der Waals surface area contributed by atoms with Gasteiger partial charge >= 0.3 is 0 Å². The van der Waals surface area contributed by atoms with Crippen molar-refractivity contribution in [1.82, 2.24) is 9.97 Å². The Labute approximate surface area is 133 Å². The van der Waals surface area contributed by atoms with Gasteiger partial charge < -0.3 is 10.4 Å². The molecule has 4 nitrogen and oxygen atoms in total. The fourth-order valence-corrected chi connectivity index (χ4v) is 3.14. The van der Waals surface area contributed by atoms with Gasteiger partial charge in [-0.3, -0.25) is 0 Å². The number of aromatic nitrogens is 2. The van der Waals surface area contributed by atoms with Gasteiger partial charge in [0.15, 0.2) is 0 Å². The lowest BCUT2D eigenvalue weighted by Gasteiger charge is -2.21. The maximum atomic E-state index is 10.1. The van der Waals surface area contributed by atoms with Crippen LogP contribution in [0.5, 0.6) is 0 Å². The van der Waals surface area contributed by atoms with E-state index in [-0.39, 0.29) is 0 Å². The van der Waals surface area contributed by atoms with Gasteiger partial charge in [-0.25, -0.2) is 9.97 Å². The highest BCUT2D eigenvalue weighted by Gasteiger charge is 2.18. The first-order valence-corrected chi connectivity index (χ1v) is 8.17. The Balaban J connectivity index is 1.94. The molecule has 2 N–H and O–H groups in total. The molecule has 0 fully saturated rings. The predicted octanol–water partition coefficient (Wildman–Crippen LogP) is 3.93. The Morgan fingerprint density at radius 1 is 1.23 bits per heavy atom. The van der Waals surface area contributed by atoms with Crippen molar-refractivity contribution < 1.29 is 5.11 Å². The van der Waals surface area contributed by atoms with Crippen molar-refractivity contribution in [2.45, 2.75) is 25.9 Å². The highest BCUT2D eigenvalue weighted by molar-refractivity contribution is 7.21. The maximum Gasteiger partial charge on any atom is 0.138 e. The van der Waals surface area contributed by atoms with Gasteiger partial charge in [0.2, 0.25) is 0 Å². The minimum Gasteiger partial charge on any atom is -0.388 e. The van der Waals surface area contributed by atoms with Gasteiger partial charge in [-0.05, 0) is 25.0 Å². The number of aliphatic hydroxyl groups is 1. The summed E-state index contributed by atoms with van der Waals surface area (Å²) in [6.07, 6.45) is 2.25. The number of anilines is 1. The number of thiophene rings is 1. The third kappa shape index (κ3) is 3.10. The van der Waals surface area contributed by atoms with Crippen LogP contribution in [0.25, 0.3) is 20.7 Å². The van der Waals surface area contributed by atoms with Crippen molar-refractivity contribution in [3.05, 3.63) is 42.7 Å². The summed E-state index contributed by atoms with van der Waals surface area (Å²) in [5.41, 5.74) is 0.437. The molecule has 1 aromatic carbocycles. The van der Waals surface area contributed by atoms with E-state index in [1.165, 1.54) is 10.4 Å². The summed E-state index contributed by atoms with van der Waals surface area (Å²) >= 11 is 1.65. The Morgan fingerprint density at radius 3 is 2.73 bits per heavy atom. The van der Waals surface area contributed by atoms with Crippen molar-refractivity contribution in [2.24, 2.45) is 0 Å². The fraction of sp³-hybridized carbons (Fsp3) is 0.294. The molecule has 2 aromatic heterocycles. The van der Waals surface area contributed by atoms with Gasteiger partial charge in [-0.1, -0.05) is 37.3 Å². The maximum absolute atomic E-state index is 10.1. The van der Waals surface area contributed by atoms with E-state index in [4.69, 9.17) is 0 Å². The van der Waals surface area contributed by atoms with E-state index in [2.05, 4.69) is 33.5 Å². The first-order valence-electron chi connectivity index (χ1n) is 7.35. The smallest absolute Gasteiger partial charge is 0.138 e. The zero-order chi connectivity index (χ0) is 15.6. The average Bonchev–Trinajstić information content (AvgIpc) is 2.98. The number of hydrogen-bond donors (Lipinski definition) is 2. The summed E-state index contributed by atoms with van der Waals surface area (Å²) in [5, 5.41) is 14.4. The van der Waals surface area contributed by atoms with Crippen molar-refractivity contribution in [2.75, 3.05) is 11.9 Å². The molecule has 0 bridgehead atoms. The van der Waals surface area contributed by atoms with E-state index in [1.54, 1.807) is 17.7 Å². The number of hydrogen-bond acceptors (Lipinski definition) is 5. The normalized spacial score (nSPS) is 14.0. The van der Waals surface area contributed by atoms with Crippen LogP contribution in [0.2, 0.25) is 0 Å². The summed E-state index contributed by atoms with van der Waals surface area (Å²) in [4.78, 5) is 10.8. The molecule has 2 heterocycles. The van der Waals surface area contributed by atoms with Crippen LogP contribution < -0.4 is 5.32 Å². The van der Waals surface area contributed by atoms with Crippen LogP contribution in [0, 0.1) is 0 Å². The molecule has 0 radical (unpaired) electrons. The third-order valence-electron chi connectivity index (χ3n) is 3.79. The van der Waals surface area contributed by atoms with Crippen LogP contribution in [-0.4, -0.2) is 27.2 Å². The monoisotopic (exact) mass is 313 g/mol. The van der Waals surface area contributed by atoms with E-state index in [9.17, 15) is 5.11 Å². The molecule has 0 aliphatic heterocycles. The molecule has 0 spiro atoms. The molecule has 5 heteroatoms. The quantitative estimate of drug-likeness (QED) is 0.749. The molecule has 3 aromatic rings. The summed E-state index contributed by atoms with van der Waals surface area (Å²) < 4.78 is 0. The lowest BCUT2D eigenvalue weighted by Crippen LogP contribution is -2.32. The standard InChI is InChI=1S/C17H19N3OS/c1-3-17(2,21)10-18-15-13-9-14(12-7-5-4-6-8-12)22-16(13)20-11-19-15/h4-9,11,21H,3,10H2,1-2H3,(H,18,19,20)/t17-/m0/s1. The number of benzene rings is 1. The minimum absolute atomic E-state index is 0.464. The highest BCUT2D eigenvalue weighted by Crippen LogP contribution is 2.34. The van der Waals surface area contributed by atoms with E-state index in [1.807, 2.05) is 32.0 Å². The van der Waals surface area contributed by atoms with Crippen molar-refractivity contribution in [1.29, 1.82) is 0 Å². The predicted molar refractivity (Wildman–Crippen MR) is 92.3 cm³/mol. The zero-order valence-electron chi connectivity index (χ0n) is 12.7. The summed E-state index contributed by atoms with van der Waals surface area (Å²) in [6.45, 7) is 4.25. The molecule has 3 rings (SSSR count). The molecular formula is C17H19N3OS. The second kappa shape index (κ2) is 6.02. The summed E-state index contributed by atoms with van der Waals surface area (Å²) in [7, 11) is 0. The van der Waals surface area contributed by atoms with Gasteiger partial charge in [0.05, 0.1) is 11.0 Å². The topological polar surface area (TPSA) is 58.0 Å². The Morgan fingerprint density at radius 2 is 2.00 bits per heavy atom. The number of nitrogens with zero attached hydrogens (tertiary/aromatic N) is 2. The second-order valence-corrected chi connectivity index (χ2v) is 6.65. The second-order valence-electron chi connectivity index (χ2n) is 5.62. The van der Waals surface area contributed by atoms with E-state index in [0.29, 0.717) is 13.0 Å². The van der Waals surface area contributed by atoms with E-state index in [0.717, 1.165) is 16.0 Å². The van der Waals surface area contributed by atoms with Crippen LogP contribution in [0.4, 0.5) is 5.82 Å². The molecule has 114 valence electrons. The molecule has 22 heavy (non-hydrogen) atoms. The van der Waals surface area contributed by atoms with Crippen molar-refractivity contribution >= 4 is 27.4 Å².